The molecule has 7 aliphatic rings. The molecular formula is C80H98N12O15. The number of likely N-dealkylation sites (tertiary alicyclic amines) is 2. The fourth-order valence-corrected chi connectivity index (χ4v) is 14.0. The summed E-state index contributed by atoms with van der Waals surface area (Å²) in [5.74, 6) is -8.59. The Morgan fingerprint density at radius 1 is 0.551 bits per heavy atom. The van der Waals surface area contributed by atoms with Crippen molar-refractivity contribution in [3.05, 3.63) is 173 Å². The molecule has 27 heteroatoms. The van der Waals surface area contributed by atoms with Crippen LogP contribution >= 0.6 is 0 Å². The number of rotatable bonds is 15. The zero-order valence-electron chi connectivity index (χ0n) is 61.4. The van der Waals surface area contributed by atoms with Crippen molar-refractivity contribution >= 4 is 86.6 Å². The highest BCUT2D eigenvalue weighted by Gasteiger charge is 2.48. The zero-order valence-corrected chi connectivity index (χ0v) is 61.4. The third-order valence-corrected chi connectivity index (χ3v) is 20.5. The highest BCUT2D eigenvalue weighted by atomic mass is 16.5. The van der Waals surface area contributed by atoms with Crippen LogP contribution in [0.2, 0.25) is 0 Å². The van der Waals surface area contributed by atoms with E-state index in [1.165, 1.54) is 34.1 Å². The van der Waals surface area contributed by atoms with E-state index in [4.69, 9.17) is 9.47 Å². The average molecular weight is 1470 g/mol. The van der Waals surface area contributed by atoms with E-state index in [2.05, 4.69) is 53.2 Å². The Balaban J connectivity index is 0.975. The van der Waals surface area contributed by atoms with Crippen molar-refractivity contribution < 1.29 is 72.4 Å². The first kappa shape index (κ1) is 79.0. The number of carbonyl (C=O) groups is 11. The summed E-state index contributed by atoms with van der Waals surface area (Å²) >= 11 is 0. The summed E-state index contributed by atoms with van der Waals surface area (Å²) in [5.41, 5.74) is 1.31. The Labute approximate surface area is 621 Å². The first-order chi connectivity index (χ1) is 51.2. The number of piperidine rings is 1. The molecule has 0 radical (unpaired) electrons. The second-order valence-corrected chi connectivity index (χ2v) is 29.2. The lowest BCUT2D eigenvalue weighted by Gasteiger charge is -2.36. The summed E-state index contributed by atoms with van der Waals surface area (Å²) in [7, 11) is 3.22. The van der Waals surface area contributed by atoms with Crippen molar-refractivity contribution in [1.29, 1.82) is 0 Å². The smallest absolute Gasteiger partial charge is 0.326 e. The third kappa shape index (κ3) is 20.7. The van der Waals surface area contributed by atoms with Crippen LogP contribution in [0.1, 0.15) is 92.9 Å². The van der Waals surface area contributed by atoms with Crippen LogP contribution in [0.4, 0.5) is 0 Å². The van der Waals surface area contributed by atoms with E-state index in [0.717, 1.165) is 21.5 Å². The number of nitrogens with one attached hydrogen (secondary N) is 10. The van der Waals surface area contributed by atoms with Gasteiger partial charge in [0.05, 0.1) is 24.8 Å². The van der Waals surface area contributed by atoms with E-state index < -0.39 is 143 Å². The molecule has 7 heterocycles. The van der Waals surface area contributed by atoms with Gasteiger partial charge in [-0.05, 0) is 146 Å². The van der Waals surface area contributed by atoms with E-state index >= 15 is 19.2 Å². The number of fused-ring (bicyclic) bond motifs is 2. The van der Waals surface area contributed by atoms with Gasteiger partial charge in [0.25, 0.3) is 5.91 Å². The highest BCUT2D eigenvalue weighted by molar-refractivity contribution is 5.99. The zero-order chi connectivity index (χ0) is 76.6. The van der Waals surface area contributed by atoms with Crippen molar-refractivity contribution in [3.63, 3.8) is 0 Å². The van der Waals surface area contributed by atoms with Crippen molar-refractivity contribution in [3.8, 4) is 5.75 Å². The molecule has 27 nitrogen and oxygen atoms in total. The summed E-state index contributed by atoms with van der Waals surface area (Å²) < 4.78 is 12.4. The van der Waals surface area contributed by atoms with Gasteiger partial charge in [-0.15, -0.1) is 0 Å². The second kappa shape index (κ2) is 36.1. The van der Waals surface area contributed by atoms with Gasteiger partial charge in [-0.1, -0.05) is 136 Å². The van der Waals surface area contributed by atoms with E-state index in [-0.39, 0.29) is 76.3 Å². The summed E-state index contributed by atoms with van der Waals surface area (Å²) in [4.78, 5) is 161. The lowest BCUT2D eigenvalue weighted by Crippen LogP contribution is -2.61. The Hall–Kier alpha value is -10.6. The van der Waals surface area contributed by atoms with Gasteiger partial charge >= 0.3 is 11.9 Å². The molecule has 0 spiro atoms. The van der Waals surface area contributed by atoms with E-state index in [1.807, 2.05) is 78.9 Å². The van der Waals surface area contributed by atoms with Crippen LogP contribution in [0.5, 0.6) is 5.75 Å². The largest absolute Gasteiger partial charge is 0.490 e. The fraction of sp³-hybridized carbons (Fsp3) is 0.438. The lowest BCUT2D eigenvalue weighted by atomic mass is 9.85. The maximum absolute atomic E-state index is 15.2. The van der Waals surface area contributed by atoms with Crippen LogP contribution in [0, 0.1) is 11.3 Å². The fourth-order valence-electron chi connectivity index (χ4n) is 14.0. The molecule has 3 saturated heterocycles. The number of ether oxygens (including phenoxy) is 2. The van der Waals surface area contributed by atoms with Crippen molar-refractivity contribution in [2.45, 2.75) is 159 Å². The van der Waals surface area contributed by atoms with Gasteiger partial charge in [-0.3, -0.25) is 43.2 Å². The second-order valence-electron chi connectivity index (χ2n) is 29.2. The molecule has 0 saturated carbocycles. The summed E-state index contributed by atoms with van der Waals surface area (Å²) in [6, 6.07) is 25.6. The molecular weight excluding hydrogens is 1370 g/mol. The van der Waals surface area contributed by atoms with Crippen molar-refractivity contribution in [2.24, 2.45) is 11.3 Å². The molecule has 107 heavy (non-hydrogen) atoms. The molecule has 8 bridgehead atoms. The minimum Gasteiger partial charge on any atom is -0.490 e. The van der Waals surface area contributed by atoms with Crippen LogP contribution in [0.3, 0.4) is 0 Å². The molecule has 6 aromatic rings. The van der Waals surface area contributed by atoms with Crippen molar-refractivity contribution in [2.75, 3.05) is 53.5 Å². The van der Waals surface area contributed by atoms with E-state index in [9.17, 15) is 43.8 Å². The molecule has 568 valence electrons. The summed E-state index contributed by atoms with van der Waals surface area (Å²) in [6.45, 7) is 9.48. The monoisotopic (exact) mass is 1470 g/mol. The topological polar surface area (TPSA) is 373 Å². The molecule has 12 N–H and O–H groups in total. The minimum absolute atomic E-state index is 0.0148. The number of hydrogen-bond donors (Lipinski definition) is 12. The lowest BCUT2D eigenvalue weighted by molar-refractivity contribution is -0.145. The van der Waals surface area contributed by atoms with Gasteiger partial charge in [-0.25, -0.2) is 9.59 Å². The number of nitrogens with zero attached hydrogens (tertiary/aromatic N) is 2. The maximum atomic E-state index is 15.2. The molecule has 9 amide bonds. The molecule has 13 rings (SSSR count). The SMILES string of the molecule is CN[C@@H](C)C(=O)N[C@H](C(=O)N1C[C@@H]2C[C@H]1C(=O)N[C@@H](Cc1ccc3ccccc3c1)C(=O)N[C@H](C(=O)O)Cc1ccc(cc1)C(=O)N[C@H]1C[C@@H](C(=O)N[C@@H](Cc3ccc4ccccc4c3)C(=O)N[C@H](C(=O)O)Cc3ccc(cc3)OC/C=C/CO2)N(C(=O)[C@@H](NC(=O)[C@H](C)NC)C(C)(C)C)C1)C1CCNCC1. The third-order valence-electron chi connectivity index (χ3n) is 20.5. The Morgan fingerprint density at radius 2 is 1.04 bits per heavy atom. The Morgan fingerprint density at radius 3 is 1.55 bits per heavy atom. The van der Waals surface area contributed by atoms with Crippen molar-refractivity contribution in [1.82, 2.24) is 63.0 Å². The normalized spacial score (nSPS) is 23.4. The van der Waals surface area contributed by atoms with Crippen LogP contribution in [-0.2, 0) is 78.4 Å². The van der Waals surface area contributed by atoms with Crippen LogP contribution in [-0.4, -0.2) is 211 Å². The van der Waals surface area contributed by atoms with Gasteiger partial charge < -0.3 is 82.7 Å². The number of benzene rings is 6. The van der Waals surface area contributed by atoms with Crippen LogP contribution < -0.4 is 57.9 Å². The number of carbonyl (C=O) groups excluding carboxylic acids is 9. The quantitative estimate of drug-likeness (QED) is 0.0657. The molecule has 3 fully saturated rings. The minimum atomic E-state index is -1.59. The number of amides is 9. The van der Waals surface area contributed by atoms with Gasteiger partial charge in [-0.2, -0.15) is 0 Å². The number of aliphatic carboxylic acids is 2. The van der Waals surface area contributed by atoms with Gasteiger partial charge in [0.15, 0.2) is 0 Å². The van der Waals surface area contributed by atoms with Crippen LogP contribution in [0.15, 0.2) is 146 Å². The van der Waals surface area contributed by atoms with E-state index in [0.29, 0.717) is 53.9 Å². The molecule has 6 aromatic carbocycles. The molecule has 7 aliphatic heterocycles. The Bertz CT molecular complexity index is 4260. The predicted molar refractivity (Wildman–Crippen MR) is 400 cm³/mol. The van der Waals surface area contributed by atoms with Crippen LogP contribution in [0.25, 0.3) is 21.5 Å². The predicted octanol–water partition coefficient (Wildman–Crippen LogP) is 3.24. The summed E-state index contributed by atoms with van der Waals surface area (Å²) in [6.07, 6.45) is 2.89. The molecule has 0 aromatic heterocycles. The highest BCUT2D eigenvalue weighted by Crippen LogP contribution is 2.30. The summed E-state index contributed by atoms with van der Waals surface area (Å²) in [5, 5.41) is 54.0. The standard InChI is InChI=1S/C80H98N12O15/c1-46(81-6)69(93)89-67(54-30-32-83-33-31-54)76(100)92-45-60-43-66(92)75(99)86-62(41-51-21-25-53-15-9-11-17-57(53)37-51)73(97)87-63(78(102)103)38-48-18-26-55(27-19-48)71(95)84-58-42-65(91(44-58)77(101)68(80(3,4)5)90-70(94)47(2)82-7)74(98)85-61(40-50-20-24-52-14-8-10-16-56(52)36-50)72(96)88-64(79(104)105)39-49-22-28-59(29-23-49)106-34-12-13-35-107-60/h8-29,36-37,46-47,54,58,60-68,81-83H,30-35,38-45H2,1-7H3,(H,84,95)(H,85,98)(H,86,99)(H,87,97)(H,88,96)(H,89,93)(H,90,94)(H,102,103)(H,104,105)/b13-12+/t46-,47-,58-,60-,61-,62-,63-,64-,65-,66-,67-,68+/m0/s1. The first-order valence-electron chi connectivity index (χ1n) is 36.5. The first-order valence-corrected chi connectivity index (χ1v) is 36.5. The Kier molecular flexibility index (Phi) is 26.7. The molecule has 12 atom stereocenters. The molecule has 0 aliphatic carbocycles. The molecule has 0 unspecified atom stereocenters. The number of hydrogen-bond acceptors (Lipinski definition) is 16. The number of carboxylic acids is 2. The van der Waals surface area contributed by atoms with Gasteiger partial charge in [0.2, 0.25) is 47.3 Å². The van der Waals surface area contributed by atoms with Gasteiger partial charge in [0.1, 0.15) is 60.7 Å². The maximum Gasteiger partial charge on any atom is 0.326 e. The number of carboxylic acid groups (broad SMARTS) is 2. The van der Waals surface area contributed by atoms with E-state index in [1.54, 1.807) is 91.2 Å². The average Bonchev–Trinajstić information content (AvgIpc) is 1.69. The van der Waals surface area contributed by atoms with Gasteiger partial charge in [0, 0.05) is 56.8 Å². The number of likely N-dealkylation sites (N-methyl/N-ethyl adjacent to an activating group) is 2.